The van der Waals surface area contributed by atoms with Gasteiger partial charge in [0.05, 0.1) is 5.52 Å². The second kappa shape index (κ2) is 3.17. The van der Waals surface area contributed by atoms with Crippen molar-refractivity contribution in [1.82, 2.24) is 4.57 Å². The first-order valence-electron chi connectivity index (χ1n) is 4.22. The Kier molecular flexibility index (Phi) is 2.08. The summed E-state index contributed by atoms with van der Waals surface area (Å²) in [7, 11) is 1.61. The number of rotatable bonds is 1. The van der Waals surface area contributed by atoms with Gasteiger partial charge in [-0.1, -0.05) is 11.6 Å². The molecule has 0 aliphatic rings. The summed E-state index contributed by atoms with van der Waals surface area (Å²) in [5.41, 5.74) is 0.708. The highest BCUT2D eigenvalue weighted by Crippen LogP contribution is 2.30. The van der Waals surface area contributed by atoms with E-state index in [0.29, 0.717) is 15.9 Å². The fourth-order valence-electron chi connectivity index (χ4n) is 1.58. The molecule has 4 nitrogen and oxygen atoms in total. The summed E-state index contributed by atoms with van der Waals surface area (Å²) in [5.74, 6) is -1.05. The minimum absolute atomic E-state index is 0.0133. The number of carboxylic acid groups (broad SMARTS) is 1. The highest BCUT2D eigenvalue weighted by molar-refractivity contribution is 6.31. The maximum Gasteiger partial charge on any atom is 0.352 e. The first-order chi connectivity index (χ1) is 7.00. The van der Waals surface area contributed by atoms with Gasteiger partial charge in [0.15, 0.2) is 0 Å². The molecule has 0 bridgehead atoms. The van der Waals surface area contributed by atoms with Crippen molar-refractivity contribution < 1.29 is 15.0 Å². The summed E-state index contributed by atoms with van der Waals surface area (Å²) in [6, 6.07) is 4.42. The minimum atomic E-state index is -1.04. The van der Waals surface area contributed by atoms with E-state index < -0.39 is 5.97 Å². The summed E-state index contributed by atoms with van der Waals surface area (Å²) in [6.45, 7) is 0. The maximum absolute atomic E-state index is 10.9. The van der Waals surface area contributed by atoms with E-state index in [9.17, 15) is 9.90 Å². The smallest absolute Gasteiger partial charge is 0.352 e. The lowest BCUT2D eigenvalue weighted by Crippen LogP contribution is -2.03. The van der Waals surface area contributed by atoms with Crippen molar-refractivity contribution in [2.45, 2.75) is 0 Å². The molecule has 1 aromatic heterocycles. The quantitative estimate of drug-likeness (QED) is 0.782. The maximum atomic E-state index is 10.9. The number of phenolic OH excluding ortho intramolecular Hbond substituents is 1. The number of aryl methyl sites for hydroxylation is 1. The van der Waals surface area contributed by atoms with Crippen molar-refractivity contribution in [3.8, 4) is 5.75 Å². The average Bonchev–Trinajstić information content (AvgIpc) is 2.44. The van der Waals surface area contributed by atoms with Crippen molar-refractivity contribution >= 4 is 28.5 Å². The molecule has 0 spiro atoms. The molecule has 2 N–H and O–H groups in total. The first-order valence-corrected chi connectivity index (χ1v) is 4.59. The number of hydrogen-bond acceptors (Lipinski definition) is 2. The van der Waals surface area contributed by atoms with Crippen LogP contribution in [0, 0.1) is 0 Å². The lowest BCUT2D eigenvalue weighted by Gasteiger charge is -2.00. The predicted octanol–water partition coefficient (Wildman–Crippen LogP) is 2.24. The van der Waals surface area contributed by atoms with Crippen molar-refractivity contribution in [2.24, 2.45) is 7.05 Å². The Hall–Kier alpha value is -1.68. The molecule has 0 radical (unpaired) electrons. The number of aromatic nitrogens is 1. The lowest BCUT2D eigenvalue weighted by molar-refractivity contribution is 0.0687. The normalized spacial score (nSPS) is 10.8. The number of fused-ring (bicyclic) bond motifs is 1. The summed E-state index contributed by atoms with van der Waals surface area (Å²) in [4.78, 5) is 10.9. The van der Waals surface area contributed by atoms with Crippen LogP contribution in [0.3, 0.4) is 0 Å². The minimum Gasteiger partial charge on any atom is -0.507 e. The van der Waals surface area contributed by atoms with Crippen molar-refractivity contribution in [3.63, 3.8) is 0 Å². The van der Waals surface area contributed by atoms with E-state index in [-0.39, 0.29) is 11.4 Å². The molecule has 2 aromatic rings. The number of carbonyl (C=O) groups is 1. The Morgan fingerprint density at radius 2 is 2.07 bits per heavy atom. The van der Waals surface area contributed by atoms with E-state index in [1.165, 1.54) is 16.7 Å². The van der Waals surface area contributed by atoms with Crippen molar-refractivity contribution in [3.05, 3.63) is 28.9 Å². The summed E-state index contributed by atoms with van der Waals surface area (Å²) in [6.07, 6.45) is 0. The van der Waals surface area contributed by atoms with Crippen LogP contribution >= 0.6 is 11.6 Å². The van der Waals surface area contributed by atoms with Gasteiger partial charge >= 0.3 is 5.97 Å². The van der Waals surface area contributed by atoms with Crippen molar-refractivity contribution in [1.29, 1.82) is 0 Å². The Balaban J connectivity index is 2.88. The van der Waals surface area contributed by atoms with E-state index in [1.807, 2.05) is 0 Å². The number of carboxylic acids is 1. The van der Waals surface area contributed by atoms with E-state index >= 15 is 0 Å². The van der Waals surface area contributed by atoms with Crippen LogP contribution in [-0.2, 0) is 7.05 Å². The lowest BCUT2D eigenvalue weighted by atomic mass is 10.2. The Morgan fingerprint density at radius 3 is 2.67 bits per heavy atom. The summed E-state index contributed by atoms with van der Waals surface area (Å²) >= 11 is 5.76. The number of nitrogens with zero attached hydrogens (tertiary/aromatic N) is 1. The Bertz CT molecular complexity index is 559. The second-order valence-corrected chi connectivity index (χ2v) is 3.69. The number of phenols is 1. The monoisotopic (exact) mass is 225 g/mol. The molecule has 2 rings (SSSR count). The molecule has 0 amide bonds. The van der Waals surface area contributed by atoms with Gasteiger partial charge in [0.1, 0.15) is 11.4 Å². The van der Waals surface area contributed by atoms with Gasteiger partial charge in [0.2, 0.25) is 0 Å². The Morgan fingerprint density at radius 1 is 1.40 bits per heavy atom. The van der Waals surface area contributed by atoms with Crippen LogP contribution in [0.25, 0.3) is 10.9 Å². The van der Waals surface area contributed by atoms with E-state index in [0.717, 1.165) is 0 Å². The van der Waals surface area contributed by atoms with Crippen molar-refractivity contribution in [2.75, 3.05) is 0 Å². The summed E-state index contributed by atoms with van der Waals surface area (Å²) < 4.78 is 1.48. The molecular weight excluding hydrogens is 218 g/mol. The van der Waals surface area contributed by atoms with Crippen LogP contribution in [0.5, 0.6) is 5.75 Å². The second-order valence-electron chi connectivity index (χ2n) is 3.25. The zero-order valence-electron chi connectivity index (χ0n) is 7.86. The zero-order valence-corrected chi connectivity index (χ0v) is 8.62. The molecule has 0 saturated heterocycles. The van der Waals surface area contributed by atoms with Gasteiger partial charge in [0.25, 0.3) is 0 Å². The van der Waals surface area contributed by atoms with E-state index in [1.54, 1.807) is 13.1 Å². The Labute approximate surface area is 90.3 Å². The van der Waals surface area contributed by atoms with Gasteiger partial charge in [-0.2, -0.15) is 0 Å². The highest BCUT2D eigenvalue weighted by Gasteiger charge is 2.14. The summed E-state index contributed by atoms with van der Waals surface area (Å²) in [5, 5.41) is 19.3. The van der Waals surface area contributed by atoms with Crippen LogP contribution in [0.1, 0.15) is 10.5 Å². The molecular formula is C10H8ClNO3. The molecule has 1 heterocycles. The third kappa shape index (κ3) is 1.43. The topological polar surface area (TPSA) is 62.5 Å². The van der Waals surface area contributed by atoms with E-state index in [2.05, 4.69) is 0 Å². The van der Waals surface area contributed by atoms with Gasteiger partial charge in [-0.15, -0.1) is 0 Å². The fraction of sp³-hybridized carbons (Fsp3) is 0.100. The molecule has 0 fully saturated rings. The average molecular weight is 226 g/mol. The third-order valence-electron chi connectivity index (χ3n) is 2.32. The standard InChI is InChI=1S/C10H8ClNO3/c1-12-7-2-5(11)3-9(13)6(7)4-8(12)10(14)15/h2-4,13H,1H3,(H,14,15). The predicted molar refractivity (Wildman–Crippen MR) is 56.6 cm³/mol. The van der Waals surface area contributed by atoms with E-state index in [4.69, 9.17) is 16.7 Å². The fourth-order valence-corrected chi connectivity index (χ4v) is 1.79. The highest BCUT2D eigenvalue weighted by atomic mass is 35.5. The number of aromatic carboxylic acids is 1. The van der Waals surface area contributed by atoms with Gasteiger partial charge < -0.3 is 14.8 Å². The molecule has 1 aromatic carbocycles. The molecule has 0 unspecified atom stereocenters. The molecule has 0 aliphatic heterocycles. The van der Waals surface area contributed by atoms with Crippen LogP contribution in [0.15, 0.2) is 18.2 Å². The molecule has 5 heteroatoms. The largest absolute Gasteiger partial charge is 0.507 e. The van der Waals surface area contributed by atoms with Crippen LogP contribution < -0.4 is 0 Å². The number of benzene rings is 1. The third-order valence-corrected chi connectivity index (χ3v) is 2.54. The first kappa shape index (κ1) is 9.86. The molecule has 0 saturated carbocycles. The molecule has 0 atom stereocenters. The number of aromatic hydroxyl groups is 1. The van der Waals surface area contributed by atoms with Gasteiger partial charge in [0, 0.05) is 17.5 Å². The number of hydrogen-bond donors (Lipinski definition) is 2. The van der Waals surface area contributed by atoms with Crippen LogP contribution in [0.2, 0.25) is 5.02 Å². The SMILES string of the molecule is Cn1c(C(=O)O)cc2c(O)cc(Cl)cc21. The molecule has 15 heavy (non-hydrogen) atoms. The zero-order chi connectivity index (χ0) is 11.2. The van der Waals surface area contributed by atoms with Gasteiger partial charge in [-0.25, -0.2) is 4.79 Å². The van der Waals surface area contributed by atoms with Gasteiger partial charge in [-0.05, 0) is 18.2 Å². The molecule has 0 aliphatic carbocycles. The molecule has 78 valence electrons. The van der Waals surface area contributed by atoms with Crippen LogP contribution in [-0.4, -0.2) is 20.7 Å². The van der Waals surface area contributed by atoms with Gasteiger partial charge in [-0.3, -0.25) is 0 Å². The number of halogens is 1. The van der Waals surface area contributed by atoms with Crippen LogP contribution in [0.4, 0.5) is 0 Å².